The molecule has 3 aromatic rings. The van der Waals surface area contributed by atoms with Crippen LogP contribution in [0.4, 0.5) is 5.69 Å². The van der Waals surface area contributed by atoms with Crippen molar-refractivity contribution in [3.8, 4) is 5.75 Å². The Morgan fingerprint density at radius 2 is 1.83 bits per heavy atom. The van der Waals surface area contributed by atoms with E-state index in [9.17, 15) is 4.79 Å². The van der Waals surface area contributed by atoms with Crippen molar-refractivity contribution >= 4 is 23.4 Å². The van der Waals surface area contributed by atoms with Crippen LogP contribution in [-0.2, 0) is 24.7 Å². The zero-order valence-electron chi connectivity index (χ0n) is 17.9. The van der Waals surface area contributed by atoms with Gasteiger partial charge < -0.3 is 14.6 Å². The van der Waals surface area contributed by atoms with Gasteiger partial charge in [0.25, 0.3) is 0 Å². The van der Waals surface area contributed by atoms with Gasteiger partial charge in [0, 0.05) is 12.7 Å². The molecule has 0 bridgehead atoms. The summed E-state index contributed by atoms with van der Waals surface area (Å²) in [5, 5.41) is 12.2. The molecule has 0 spiro atoms. The van der Waals surface area contributed by atoms with Crippen LogP contribution in [-0.4, -0.2) is 26.4 Å². The predicted octanol–water partition coefficient (Wildman–Crippen LogP) is 4.81. The van der Waals surface area contributed by atoms with Crippen LogP contribution in [0.2, 0.25) is 0 Å². The number of hydrogen-bond donors (Lipinski definition) is 1. The Morgan fingerprint density at radius 3 is 2.53 bits per heavy atom. The Kier molecular flexibility index (Phi) is 7.52. The zero-order chi connectivity index (χ0) is 21.5. The number of rotatable bonds is 9. The fourth-order valence-electron chi connectivity index (χ4n) is 3.13. The zero-order valence-corrected chi connectivity index (χ0v) is 18.7. The summed E-state index contributed by atoms with van der Waals surface area (Å²) in [4.78, 5) is 12.4. The first kappa shape index (κ1) is 21.9. The summed E-state index contributed by atoms with van der Waals surface area (Å²) in [6, 6.07) is 15.9. The fraction of sp³-hybridized carbons (Fsp3) is 0.348. The molecular formula is C23H28N4O2S. The second-order valence-electron chi connectivity index (χ2n) is 7.00. The second-order valence-corrected chi connectivity index (χ2v) is 7.95. The molecule has 2 aromatic carbocycles. The molecule has 158 valence electrons. The maximum atomic E-state index is 12.4. The van der Waals surface area contributed by atoms with Crippen LogP contribution in [0, 0.1) is 0 Å². The van der Waals surface area contributed by atoms with Crippen molar-refractivity contribution in [2.24, 2.45) is 7.05 Å². The Labute approximate surface area is 182 Å². The number of carbonyl (C=O) groups is 1. The molecule has 1 amide bonds. The highest BCUT2D eigenvalue weighted by molar-refractivity contribution is 7.99. The lowest BCUT2D eigenvalue weighted by atomic mass is 10.1. The lowest BCUT2D eigenvalue weighted by molar-refractivity contribution is -0.113. The molecule has 0 fully saturated rings. The number of aryl methyl sites for hydroxylation is 2. The summed E-state index contributed by atoms with van der Waals surface area (Å²) in [5.74, 6) is 1.71. The van der Waals surface area contributed by atoms with Crippen LogP contribution in [0.15, 0.2) is 53.7 Å². The van der Waals surface area contributed by atoms with Crippen LogP contribution < -0.4 is 10.1 Å². The molecule has 1 atom stereocenters. The average Bonchev–Trinajstić information content (AvgIpc) is 3.13. The van der Waals surface area contributed by atoms with E-state index in [-0.39, 0.29) is 17.8 Å². The summed E-state index contributed by atoms with van der Waals surface area (Å²) in [6.07, 6.45) is 1.61. The average molecular weight is 425 g/mol. The Hall–Kier alpha value is -2.80. The van der Waals surface area contributed by atoms with Crippen molar-refractivity contribution in [1.82, 2.24) is 14.8 Å². The number of thioether (sulfide) groups is 1. The van der Waals surface area contributed by atoms with Crippen LogP contribution in [0.5, 0.6) is 5.75 Å². The number of carbonyl (C=O) groups excluding carboxylic acids is 1. The van der Waals surface area contributed by atoms with E-state index >= 15 is 0 Å². The lowest BCUT2D eigenvalue weighted by Crippen LogP contribution is -2.16. The molecule has 0 radical (unpaired) electrons. The number of anilines is 1. The van der Waals surface area contributed by atoms with Gasteiger partial charge in [0.15, 0.2) is 17.1 Å². The largest absolute Gasteiger partial charge is 0.483 e. The summed E-state index contributed by atoms with van der Waals surface area (Å²) in [5.41, 5.74) is 3.25. The number of hydrogen-bond acceptors (Lipinski definition) is 5. The topological polar surface area (TPSA) is 69.0 Å². The maximum Gasteiger partial charge on any atom is 0.234 e. The van der Waals surface area contributed by atoms with Gasteiger partial charge in [-0.1, -0.05) is 55.9 Å². The number of nitrogens with zero attached hydrogens (tertiary/aromatic N) is 3. The van der Waals surface area contributed by atoms with Gasteiger partial charge >= 0.3 is 0 Å². The van der Waals surface area contributed by atoms with E-state index in [0.717, 1.165) is 29.8 Å². The van der Waals surface area contributed by atoms with Gasteiger partial charge in [-0.25, -0.2) is 0 Å². The minimum atomic E-state index is -0.255. The third-order valence-electron chi connectivity index (χ3n) is 4.88. The molecule has 1 heterocycles. The minimum Gasteiger partial charge on any atom is -0.483 e. The molecule has 1 aromatic heterocycles. The Bertz CT molecular complexity index is 985. The van der Waals surface area contributed by atoms with Crippen LogP contribution in [0.3, 0.4) is 0 Å². The fourth-order valence-corrected chi connectivity index (χ4v) is 3.85. The van der Waals surface area contributed by atoms with Crippen LogP contribution >= 0.6 is 11.8 Å². The predicted molar refractivity (Wildman–Crippen MR) is 121 cm³/mol. The van der Waals surface area contributed by atoms with E-state index < -0.39 is 0 Å². The molecular weight excluding hydrogens is 396 g/mol. The Balaban J connectivity index is 1.58. The summed E-state index contributed by atoms with van der Waals surface area (Å²) in [7, 11) is 1.89. The number of para-hydroxylation sites is 1. The van der Waals surface area contributed by atoms with Crippen molar-refractivity contribution < 1.29 is 9.53 Å². The van der Waals surface area contributed by atoms with E-state index in [1.54, 1.807) is 0 Å². The monoisotopic (exact) mass is 424 g/mol. The quantitative estimate of drug-likeness (QED) is 0.499. The van der Waals surface area contributed by atoms with Crippen LogP contribution in [0.25, 0.3) is 0 Å². The highest BCUT2D eigenvalue weighted by Gasteiger charge is 2.18. The Morgan fingerprint density at radius 1 is 1.10 bits per heavy atom. The highest BCUT2D eigenvalue weighted by Crippen LogP contribution is 2.24. The first-order chi connectivity index (χ1) is 14.5. The number of nitrogens with one attached hydrogen (secondary N) is 1. The molecule has 0 aliphatic heterocycles. The normalized spacial score (nSPS) is 11.9. The smallest absolute Gasteiger partial charge is 0.234 e. The summed E-state index contributed by atoms with van der Waals surface area (Å²) < 4.78 is 7.89. The van der Waals surface area contributed by atoms with Crippen molar-refractivity contribution in [2.45, 2.75) is 44.9 Å². The minimum absolute atomic E-state index is 0.0641. The van der Waals surface area contributed by atoms with Crippen molar-refractivity contribution in [3.05, 3.63) is 65.5 Å². The van der Waals surface area contributed by atoms with Gasteiger partial charge in [0.05, 0.1) is 5.75 Å². The van der Waals surface area contributed by atoms with Crippen molar-refractivity contribution in [3.63, 3.8) is 0 Å². The van der Waals surface area contributed by atoms with Gasteiger partial charge in [0.2, 0.25) is 5.91 Å². The SMILES string of the molecule is CCc1ccc(O[C@H](C)c2nnc(SCC(=O)Nc3ccccc3CC)n2C)cc1. The van der Waals surface area contributed by atoms with Gasteiger partial charge in [0.1, 0.15) is 5.75 Å². The lowest BCUT2D eigenvalue weighted by Gasteiger charge is -2.14. The molecule has 3 rings (SSSR count). The van der Waals surface area contributed by atoms with Gasteiger partial charge in [-0.2, -0.15) is 0 Å². The number of ether oxygens (including phenoxy) is 1. The van der Waals surface area contributed by atoms with Gasteiger partial charge in [-0.3, -0.25) is 4.79 Å². The third-order valence-corrected chi connectivity index (χ3v) is 5.90. The molecule has 0 saturated heterocycles. The molecule has 1 N–H and O–H groups in total. The van der Waals surface area contributed by atoms with Crippen LogP contribution in [0.1, 0.15) is 43.8 Å². The van der Waals surface area contributed by atoms with E-state index in [0.29, 0.717) is 11.0 Å². The molecule has 0 saturated carbocycles. The molecule has 30 heavy (non-hydrogen) atoms. The van der Waals surface area contributed by atoms with Gasteiger partial charge in [-0.15, -0.1) is 10.2 Å². The highest BCUT2D eigenvalue weighted by atomic mass is 32.2. The van der Waals surface area contributed by atoms with E-state index in [2.05, 4.69) is 41.5 Å². The van der Waals surface area contributed by atoms with Crippen molar-refractivity contribution in [1.29, 1.82) is 0 Å². The molecule has 0 unspecified atom stereocenters. The maximum absolute atomic E-state index is 12.4. The first-order valence-corrected chi connectivity index (χ1v) is 11.2. The molecule has 6 nitrogen and oxygen atoms in total. The number of benzene rings is 2. The van der Waals surface area contributed by atoms with E-state index in [1.807, 2.05) is 54.9 Å². The first-order valence-electron chi connectivity index (χ1n) is 10.2. The standard InChI is InChI=1S/C23H28N4O2S/c1-5-17-11-13-19(14-12-17)29-16(3)22-25-26-23(27(22)4)30-15-21(28)24-20-10-8-7-9-18(20)6-2/h7-14,16H,5-6,15H2,1-4H3,(H,24,28)/t16-/m1/s1. The third kappa shape index (κ3) is 5.42. The summed E-state index contributed by atoms with van der Waals surface area (Å²) >= 11 is 1.36. The number of aromatic nitrogens is 3. The molecule has 0 aliphatic rings. The van der Waals surface area contributed by atoms with E-state index in [4.69, 9.17) is 4.74 Å². The van der Waals surface area contributed by atoms with Gasteiger partial charge in [-0.05, 0) is 49.1 Å². The molecule has 0 aliphatic carbocycles. The molecule has 7 heteroatoms. The van der Waals surface area contributed by atoms with Crippen molar-refractivity contribution in [2.75, 3.05) is 11.1 Å². The van der Waals surface area contributed by atoms with E-state index in [1.165, 1.54) is 17.3 Å². The number of amides is 1. The summed E-state index contributed by atoms with van der Waals surface area (Å²) in [6.45, 7) is 6.14. The second kappa shape index (κ2) is 10.3.